The lowest BCUT2D eigenvalue weighted by atomic mass is 9.94. The van der Waals surface area contributed by atoms with E-state index in [0.29, 0.717) is 30.5 Å². The van der Waals surface area contributed by atoms with Gasteiger partial charge in [0.1, 0.15) is 6.54 Å². The molecular weight excluding hydrogens is 280 g/mol. The van der Waals surface area contributed by atoms with Crippen molar-refractivity contribution in [3.05, 3.63) is 29.8 Å². The maximum atomic E-state index is 12.3. The highest BCUT2D eigenvalue weighted by atomic mass is 16.3. The first-order chi connectivity index (χ1) is 10.7. The number of nitrogens with one attached hydrogen (secondary N) is 1. The molecule has 0 radical (unpaired) electrons. The highest BCUT2D eigenvalue weighted by molar-refractivity contribution is 6.52. The second-order valence-electron chi connectivity index (χ2n) is 6.20. The summed E-state index contributed by atoms with van der Waals surface area (Å²) in [5.74, 6) is -0.852. The zero-order valence-electron chi connectivity index (χ0n) is 12.8. The molecule has 1 amide bonds. The largest absolute Gasteiger partial charge is 0.391 e. The molecule has 2 aliphatic rings. The maximum absolute atomic E-state index is 12.3. The number of Topliss-reactive ketones (excluding diaryl/α,β-unsaturated/α-hetero) is 1. The van der Waals surface area contributed by atoms with E-state index in [-0.39, 0.29) is 6.61 Å². The van der Waals surface area contributed by atoms with Crippen molar-refractivity contribution in [1.82, 2.24) is 0 Å². The summed E-state index contributed by atoms with van der Waals surface area (Å²) in [6.07, 6.45) is 5.96. The Bertz CT molecular complexity index is 567. The smallest absolute Gasteiger partial charge is 0.303 e. The van der Waals surface area contributed by atoms with Crippen molar-refractivity contribution >= 4 is 17.4 Å². The summed E-state index contributed by atoms with van der Waals surface area (Å²) in [4.78, 5) is 27.2. The first-order valence-electron chi connectivity index (χ1n) is 8.13. The fourth-order valence-corrected chi connectivity index (χ4v) is 3.67. The van der Waals surface area contributed by atoms with Gasteiger partial charge in [-0.25, -0.2) is 0 Å². The van der Waals surface area contributed by atoms with Crippen molar-refractivity contribution in [2.75, 3.05) is 24.7 Å². The number of anilines is 1. The Morgan fingerprint density at radius 1 is 1.14 bits per heavy atom. The molecule has 1 aromatic carbocycles. The fourth-order valence-electron chi connectivity index (χ4n) is 3.67. The minimum atomic E-state index is -0.438. The lowest BCUT2D eigenvalue weighted by molar-refractivity contribution is -0.926. The Balaban J connectivity index is 1.80. The van der Waals surface area contributed by atoms with Gasteiger partial charge in [0.15, 0.2) is 6.67 Å². The van der Waals surface area contributed by atoms with Crippen LogP contribution in [0.3, 0.4) is 0 Å². The summed E-state index contributed by atoms with van der Waals surface area (Å²) in [5, 5.41) is 9.36. The quantitative estimate of drug-likeness (QED) is 0.773. The summed E-state index contributed by atoms with van der Waals surface area (Å²) in [6, 6.07) is 7.64. The van der Waals surface area contributed by atoms with Gasteiger partial charge in [-0.05, 0) is 37.8 Å². The standard InChI is InChI=1S/C17H22N2O3/c20-11-10-18(13-6-2-1-3-7-13)12-19-15-9-5-4-8-14(15)16(21)17(19)22/h4-5,8-9,13,20H,1-3,6-7,10-12H2/p+1. The Kier molecular flexibility index (Phi) is 4.55. The van der Waals surface area contributed by atoms with Gasteiger partial charge < -0.3 is 10.0 Å². The lowest BCUT2D eigenvalue weighted by Crippen LogP contribution is -3.17. The van der Waals surface area contributed by atoms with Gasteiger partial charge in [0.05, 0.1) is 23.9 Å². The number of nitrogens with zero attached hydrogens (tertiary/aromatic N) is 1. The maximum Gasteiger partial charge on any atom is 0.303 e. The molecule has 0 bridgehead atoms. The summed E-state index contributed by atoms with van der Waals surface area (Å²) in [6.45, 7) is 1.18. The third-order valence-corrected chi connectivity index (χ3v) is 4.86. The second-order valence-corrected chi connectivity index (χ2v) is 6.20. The van der Waals surface area contributed by atoms with E-state index >= 15 is 0 Å². The molecule has 0 saturated heterocycles. The molecule has 1 saturated carbocycles. The van der Waals surface area contributed by atoms with Crippen LogP contribution in [0.15, 0.2) is 24.3 Å². The molecule has 1 aromatic rings. The molecule has 5 heteroatoms. The number of ketones is 1. The molecule has 1 unspecified atom stereocenters. The fraction of sp³-hybridized carbons (Fsp3) is 0.529. The van der Waals surface area contributed by atoms with Crippen LogP contribution in [-0.2, 0) is 4.79 Å². The highest BCUT2D eigenvalue weighted by Crippen LogP contribution is 2.27. The number of aliphatic hydroxyl groups excluding tert-OH is 1. The van der Waals surface area contributed by atoms with E-state index in [1.807, 2.05) is 12.1 Å². The minimum Gasteiger partial charge on any atom is -0.391 e. The number of benzene rings is 1. The number of carbonyl (C=O) groups excluding carboxylic acids is 2. The van der Waals surface area contributed by atoms with Crippen molar-refractivity contribution < 1.29 is 19.6 Å². The number of para-hydroxylation sites is 1. The molecule has 118 valence electrons. The van der Waals surface area contributed by atoms with E-state index in [1.54, 1.807) is 17.0 Å². The topological polar surface area (TPSA) is 62.0 Å². The number of hydrogen-bond acceptors (Lipinski definition) is 3. The predicted octanol–water partition coefficient (Wildman–Crippen LogP) is 0.383. The number of aliphatic hydroxyl groups is 1. The zero-order valence-corrected chi connectivity index (χ0v) is 12.8. The average Bonchev–Trinajstić information content (AvgIpc) is 2.80. The molecule has 2 N–H and O–H groups in total. The van der Waals surface area contributed by atoms with Crippen LogP contribution in [0.2, 0.25) is 0 Å². The van der Waals surface area contributed by atoms with Gasteiger partial charge in [-0.2, -0.15) is 0 Å². The third-order valence-electron chi connectivity index (χ3n) is 4.86. The number of carbonyl (C=O) groups is 2. The van der Waals surface area contributed by atoms with E-state index in [0.717, 1.165) is 12.8 Å². The van der Waals surface area contributed by atoms with Crippen LogP contribution in [0.1, 0.15) is 42.5 Å². The van der Waals surface area contributed by atoms with Crippen molar-refractivity contribution in [3.63, 3.8) is 0 Å². The van der Waals surface area contributed by atoms with E-state index < -0.39 is 11.7 Å². The van der Waals surface area contributed by atoms with Gasteiger partial charge in [-0.15, -0.1) is 0 Å². The number of quaternary nitrogens is 1. The summed E-state index contributed by atoms with van der Waals surface area (Å²) in [5.41, 5.74) is 1.21. The molecule has 1 aliphatic heterocycles. The van der Waals surface area contributed by atoms with Crippen LogP contribution in [0.5, 0.6) is 0 Å². The molecule has 1 heterocycles. The van der Waals surface area contributed by atoms with E-state index in [9.17, 15) is 14.7 Å². The van der Waals surface area contributed by atoms with Crippen LogP contribution in [0.25, 0.3) is 0 Å². The molecule has 1 atom stereocenters. The summed E-state index contributed by atoms with van der Waals surface area (Å²) >= 11 is 0. The zero-order chi connectivity index (χ0) is 15.5. The van der Waals surface area contributed by atoms with Crippen LogP contribution >= 0.6 is 0 Å². The Hall–Kier alpha value is -1.72. The first kappa shape index (κ1) is 15.2. The summed E-state index contributed by atoms with van der Waals surface area (Å²) < 4.78 is 0. The van der Waals surface area contributed by atoms with Crippen molar-refractivity contribution in [2.45, 2.75) is 38.1 Å². The minimum absolute atomic E-state index is 0.101. The molecular formula is C17H23N2O3+. The van der Waals surface area contributed by atoms with Crippen LogP contribution in [-0.4, -0.2) is 42.7 Å². The van der Waals surface area contributed by atoms with Crippen LogP contribution in [0.4, 0.5) is 5.69 Å². The third kappa shape index (κ3) is 2.78. The molecule has 1 fully saturated rings. The number of fused-ring (bicyclic) bond motifs is 1. The van der Waals surface area contributed by atoms with Gasteiger partial charge in [0.2, 0.25) is 0 Å². The van der Waals surface area contributed by atoms with Gasteiger partial charge in [0.25, 0.3) is 5.78 Å². The molecule has 1 aliphatic carbocycles. The van der Waals surface area contributed by atoms with Crippen LogP contribution in [0, 0.1) is 0 Å². The van der Waals surface area contributed by atoms with Crippen molar-refractivity contribution in [3.8, 4) is 0 Å². The number of rotatable bonds is 5. The number of hydrogen-bond donors (Lipinski definition) is 2. The Labute approximate surface area is 130 Å². The normalized spacial score (nSPS) is 20.3. The molecule has 0 aromatic heterocycles. The first-order valence-corrected chi connectivity index (χ1v) is 8.13. The van der Waals surface area contributed by atoms with Gasteiger partial charge in [-0.3, -0.25) is 14.5 Å². The molecule has 5 nitrogen and oxygen atoms in total. The monoisotopic (exact) mass is 303 g/mol. The van der Waals surface area contributed by atoms with E-state index in [4.69, 9.17) is 0 Å². The molecule has 3 rings (SSSR count). The highest BCUT2D eigenvalue weighted by Gasteiger charge is 2.38. The van der Waals surface area contributed by atoms with E-state index in [1.165, 1.54) is 24.2 Å². The lowest BCUT2D eigenvalue weighted by Gasteiger charge is -2.33. The second kappa shape index (κ2) is 6.58. The Morgan fingerprint density at radius 3 is 2.59 bits per heavy atom. The van der Waals surface area contributed by atoms with E-state index in [2.05, 4.69) is 0 Å². The predicted molar refractivity (Wildman–Crippen MR) is 82.9 cm³/mol. The Morgan fingerprint density at radius 2 is 1.86 bits per heavy atom. The van der Waals surface area contributed by atoms with Gasteiger partial charge in [-0.1, -0.05) is 18.6 Å². The van der Waals surface area contributed by atoms with Crippen molar-refractivity contribution in [2.24, 2.45) is 0 Å². The van der Waals surface area contributed by atoms with Gasteiger partial charge in [0, 0.05) is 0 Å². The van der Waals surface area contributed by atoms with Crippen LogP contribution < -0.4 is 9.80 Å². The van der Waals surface area contributed by atoms with Crippen molar-refractivity contribution in [1.29, 1.82) is 0 Å². The summed E-state index contributed by atoms with van der Waals surface area (Å²) in [7, 11) is 0. The van der Waals surface area contributed by atoms with Gasteiger partial charge >= 0.3 is 5.91 Å². The molecule has 22 heavy (non-hydrogen) atoms. The number of amides is 1. The SMILES string of the molecule is O=C1C(=O)N(C[NH+](CCO)C2CCCCC2)c2ccccc21. The molecule has 0 spiro atoms. The average molecular weight is 303 g/mol.